The molecule has 0 fully saturated rings. The first-order valence-corrected chi connectivity index (χ1v) is 8.84. The molecule has 3 N–H and O–H groups in total. The monoisotopic (exact) mass is 311 g/mol. The second-order valence-corrected chi connectivity index (χ2v) is 7.50. The Hall–Kier alpha value is -1.56. The molecule has 1 aromatic rings. The van der Waals surface area contributed by atoms with Gasteiger partial charge in [-0.1, -0.05) is 39.0 Å². The molecule has 0 aromatic heterocycles. The molecule has 118 valence electrons. The second kappa shape index (κ2) is 8.02. The molecule has 0 saturated carbocycles. The van der Waals surface area contributed by atoms with E-state index in [9.17, 15) is 8.42 Å². The van der Waals surface area contributed by atoms with Crippen molar-refractivity contribution < 1.29 is 8.42 Å². The molecule has 6 heteroatoms. The Balaban J connectivity index is 2.72. The minimum Gasteiger partial charge on any atom is -0.370 e. The van der Waals surface area contributed by atoms with E-state index in [1.807, 2.05) is 20.8 Å². The highest BCUT2D eigenvalue weighted by molar-refractivity contribution is 7.91. The number of nitrogens with zero attached hydrogens (tertiary/aromatic N) is 1. The summed E-state index contributed by atoms with van der Waals surface area (Å²) in [5, 5.41) is 3.00. The Kier molecular flexibility index (Phi) is 6.68. The lowest BCUT2D eigenvalue weighted by Crippen LogP contribution is -2.43. The van der Waals surface area contributed by atoms with Gasteiger partial charge in [-0.2, -0.15) is 0 Å². The lowest BCUT2D eigenvalue weighted by Gasteiger charge is -2.18. The maximum atomic E-state index is 12.3. The van der Waals surface area contributed by atoms with E-state index in [0.29, 0.717) is 29.7 Å². The highest BCUT2D eigenvalue weighted by Crippen LogP contribution is 2.12. The van der Waals surface area contributed by atoms with Crippen LogP contribution in [0.4, 0.5) is 0 Å². The maximum Gasteiger partial charge on any atom is 0.188 e. The minimum atomic E-state index is -3.32. The summed E-state index contributed by atoms with van der Waals surface area (Å²) in [6, 6.07) is 8.22. The Bertz CT molecular complexity index is 554. The van der Waals surface area contributed by atoms with Crippen molar-refractivity contribution in [1.29, 1.82) is 0 Å². The number of aliphatic imine (C=N–C) groups is 1. The van der Waals surface area contributed by atoms with Gasteiger partial charge in [-0.3, -0.25) is 4.99 Å². The number of sulfone groups is 1. The van der Waals surface area contributed by atoms with E-state index in [-0.39, 0.29) is 11.8 Å². The molecule has 0 aliphatic carbocycles. The van der Waals surface area contributed by atoms with Gasteiger partial charge in [-0.25, -0.2) is 8.42 Å². The summed E-state index contributed by atoms with van der Waals surface area (Å²) in [5.41, 5.74) is 5.80. The van der Waals surface area contributed by atoms with Gasteiger partial charge in [0.1, 0.15) is 0 Å². The van der Waals surface area contributed by atoms with E-state index < -0.39 is 9.84 Å². The number of hydrogen-bond donors (Lipinski definition) is 2. The Labute approximate surface area is 127 Å². The third kappa shape index (κ3) is 6.16. The predicted octanol–water partition coefficient (Wildman–Crippen LogP) is 1.80. The van der Waals surface area contributed by atoms with Crippen LogP contribution < -0.4 is 11.1 Å². The van der Waals surface area contributed by atoms with Gasteiger partial charge in [0.2, 0.25) is 0 Å². The first kappa shape index (κ1) is 17.5. The first-order valence-electron chi connectivity index (χ1n) is 7.19. The molecule has 0 aliphatic heterocycles. The molecular formula is C15H25N3O2S. The highest BCUT2D eigenvalue weighted by atomic mass is 32.2. The van der Waals surface area contributed by atoms with Crippen molar-refractivity contribution in [1.82, 2.24) is 5.32 Å². The Morgan fingerprint density at radius 3 is 2.43 bits per heavy atom. The van der Waals surface area contributed by atoms with Gasteiger partial charge in [0.15, 0.2) is 15.8 Å². The van der Waals surface area contributed by atoms with Crippen molar-refractivity contribution in [2.75, 3.05) is 12.3 Å². The quantitative estimate of drug-likeness (QED) is 0.594. The van der Waals surface area contributed by atoms with Crippen molar-refractivity contribution in [3.63, 3.8) is 0 Å². The van der Waals surface area contributed by atoms with E-state index in [1.165, 1.54) is 0 Å². The van der Waals surface area contributed by atoms with Crippen LogP contribution in [0.25, 0.3) is 0 Å². The lowest BCUT2D eigenvalue weighted by atomic mass is 10.2. The molecule has 1 unspecified atom stereocenters. The molecule has 0 heterocycles. The van der Waals surface area contributed by atoms with Crippen LogP contribution in [0.5, 0.6) is 0 Å². The molecule has 1 aromatic carbocycles. The van der Waals surface area contributed by atoms with Crippen LogP contribution in [0.3, 0.4) is 0 Å². The largest absolute Gasteiger partial charge is 0.370 e. The van der Waals surface area contributed by atoms with Crippen molar-refractivity contribution in [2.24, 2.45) is 16.6 Å². The normalized spacial score (nSPS) is 14.2. The SMILES string of the molecule is CCC(CS(=O)(=O)c1ccccc1)NC(N)=NCC(C)C. The number of guanidine groups is 1. The molecule has 0 bridgehead atoms. The van der Waals surface area contributed by atoms with Gasteiger partial charge in [-0.05, 0) is 24.5 Å². The third-order valence-electron chi connectivity index (χ3n) is 2.99. The average molecular weight is 311 g/mol. The van der Waals surface area contributed by atoms with Gasteiger partial charge in [0, 0.05) is 12.6 Å². The highest BCUT2D eigenvalue weighted by Gasteiger charge is 2.20. The van der Waals surface area contributed by atoms with Crippen LogP contribution >= 0.6 is 0 Å². The summed E-state index contributed by atoms with van der Waals surface area (Å²) in [7, 11) is -3.32. The van der Waals surface area contributed by atoms with Crippen molar-refractivity contribution in [2.45, 2.75) is 38.1 Å². The minimum absolute atomic E-state index is 0.00537. The van der Waals surface area contributed by atoms with Crippen LogP contribution in [0.2, 0.25) is 0 Å². The fraction of sp³-hybridized carbons (Fsp3) is 0.533. The summed E-state index contributed by atoms with van der Waals surface area (Å²) in [5.74, 6) is 0.725. The molecular weight excluding hydrogens is 286 g/mol. The predicted molar refractivity (Wildman–Crippen MR) is 87.0 cm³/mol. The fourth-order valence-electron chi connectivity index (χ4n) is 1.79. The summed E-state index contributed by atoms with van der Waals surface area (Å²) < 4.78 is 24.7. The van der Waals surface area contributed by atoms with Crippen molar-refractivity contribution >= 4 is 15.8 Å². The summed E-state index contributed by atoms with van der Waals surface area (Å²) in [6.45, 7) is 6.65. The topological polar surface area (TPSA) is 84.5 Å². The molecule has 0 spiro atoms. The Morgan fingerprint density at radius 1 is 1.29 bits per heavy atom. The summed E-state index contributed by atoms with van der Waals surface area (Å²) >= 11 is 0. The van der Waals surface area contributed by atoms with E-state index in [4.69, 9.17) is 5.73 Å². The van der Waals surface area contributed by atoms with Crippen molar-refractivity contribution in [3.05, 3.63) is 30.3 Å². The number of nitrogens with two attached hydrogens (primary N) is 1. The molecule has 0 saturated heterocycles. The van der Waals surface area contributed by atoms with Crippen LogP contribution in [-0.2, 0) is 9.84 Å². The first-order chi connectivity index (χ1) is 9.85. The van der Waals surface area contributed by atoms with Gasteiger partial charge in [-0.15, -0.1) is 0 Å². The van der Waals surface area contributed by atoms with Crippen LogP contribution in [0.1, 0.15) is 27.2 Å². The molecule has 1 rings (SSSR count). The van der Waals surface area contributed by atoms with Gasteiger partial charge >= 0.3 is 0 Å². The molecule has 0 aliphatic rings. The third-order valence-corrected chi connectivity index (χ3v) is 4.83. The molecule has 1 atom stereocenters. The standard InChI is InChI=1S/C15H25N3O2S/c1-4-13(18-15(16)17-10-12(2)3)11-21(19,20)14-8-6-5-7-9-14/h5-9,12-13H,4,10-11H2,1-3H3,(H3,16,17,18). The smallest absolute Gasteiger partial charge is 0.188 e. The van der Waals surface area contributed by atoms with E-state index in [2.05, 4.69) is 10.3 Å². The van der Waals surface area contributed by atoms with Crippen LogP contribution in [0, 0.1) is 5.92 Å². The van der Waals surface area contributed by atoms with Gasteiger partial charge in [0.25, 0.3) is 0 Å². The number of nitrogens with one attached hydrogen (secondary N) is 1. The zero-order valence-corrected chi connectivity index (χ0v) is 13.7. The molecule has 0 radical (unpaired) electrons. The van der Waals surface area contributed by atoms with Crippen LogP contribution in [0.15, 0.2) is 40.2 Å². The lowest BCUT2D eigenvalue weighted by molar-refractivity contribution is 0.570. The number of rotatable bonds is 7. The van der Waals surface area contributed by atoms with Gasteiger partial charge < -0.3 is 11.1 Å². The molecule has 21 heavy (non-hydrogen) atoms. The van der Waals surface area contributed by atoms with Crippen LogP contribution in [-0.4, -0.2) is 32.7 Å². The maximum absolute atomic E-state index is 12.3. The fourth-order valence-corrected chi connectivity index (χ4v) is 3.40. The van der Waals surface area contributed by atoms with E-state index in [0.717, 1.165) is 0 Å². The Morgan fingerprint density at radius 2 is 1.90 bits per heavy atom. The van der Waals surface area contributed by atoms with Crippen molar-refractivity contribution in [3.8, 4) is 0 Å². The molecule has 5 nitrogen and oxygen atoms in total. The molecule has 0 amide bonds. The van der Waals surface area contributed by atoms with Gasteiger partial charge in [0.05, 0.1) is 10.6 Å². The number of hydrogen-bond acceptors (Lipinski definition) is 3. The summed E-state index contributed by atoms with van der Waals surface area (Å²) in [6.07, 6.45) is 0.657. The zero-order valence-electron chi connectivity index (χ0n) is 12.9. The van der Waals surface area contributed by atoms with E-state index in [1.54, 1.807) is 30.3 Å². The average Bonchev–Trinajstić information content (AvgIpc) is 2.45. The van der Waals surface area contributed by atoms with E-state index >= 15 is 0 Å². The summed E-state index contributed by atoms with van der Waals surface area (Å²) in [4.78, 5) is 4.54. The zero-order chi connectivity index (χ0) is 15.9. The number of benzene rings is 1. The second-order valence-electron chi connectivity index (χ2n) is 5.46.